The molecule has 0 saturated heterocycles. The summed E-state index contributed by atoms with van der Waals surface area (Å²) in [6.07, 6.45) is 0. The quantitative estimate of drug-likeness (QED) is 0.552. The van der Waals surface area contributed by atoms with Crippen molar-refractivity contribution in [2.75, 3.05) is 5.73 Å². The lowest BCUT2D eigenvalue weighted by Gasteiger charge is -1.78. The fourth-order valence-corrected chi connectivity index (χ4v) is 0.427. The molecule has 0 aliphatic rings. The molecule has 0 unspecified atom stereocenters. The first-order valence-corrected chi connectivity index (χ1v) is 2.15. The van der Waals surface area contributed by atoms with E-state index in [9.17, 15) is 0 Å². The molecule has 0 aromatic carbocycles. The van der Waals surface area contributed by atoms with Crippen molar-refractivity contribution in [2.24, 2.45) is 4.99 Å². The van der Waals surface area contributed by atoms with Crippen LogP contribution in [0, 0.1) is 0 Å². The molecule has 0 radical (unpaired) electrons. The highest BCUT2D eigenvalue weighted by molar-refractivity contribution is 5.41. The first kappa shape index (κ1) is 4.90. The maximum absolute atomic E-state index is 5.20. The predicted octanol–water partition coefficient (Wildman–Crippen LogP) is 1.19. The van der Waals surface area contributed by atoms with Crippen molar-refractivity contribution in [3.8, 4) is 0 Å². The summed E-state index contributed by atoms with van der Waals surface area (Å²) < 4.78 is 4.78. The SMILES string of the molecule is C=Nc1ccc(N)o1. The summed E-state index contributed by atoms with van der Waals surface area (Å²) in [6.45, 7) is 3.24. The molecule has 0 amide bonds. The van der Waals surface area contributed by atoms with Gasteiger partial charge >= 0.3 is 0 Å². The van der Waals surface area contributed by atoms with E-state index >= 15 is 0 Å². The molecule has 1 rings (SSSR count). The Morgan fingerprint density at radius 3 is 2.62 bits per heavy atom. The summed E-state index contributed by atoms with van der Waals surface area (Å²) in [5, 5.41) is 0. The Hall–Kier alpha value is -1.25. The van der Waals surface area contributed by atoms with Crippen molar-refractivity contribution < 1.29 is 4.42 Å². The van der Waals surface area contributed by atoms with Crippen LogP contribution in [0.5, 0.6) is 0 Å². The molecule has 3 heteroatoms. The van der Waals surface area contributed by atoms with Gasteiger partial charge in [-0.2, -0.15) is 0 Å². The third kappa shape index (κ3) is 0.703. The molecule has 2 N–H and O–H groups in total. The average Bonchev–Trinajstić information content (AvgIpc) is 2.14. The summed E-state index contributed by atoms with van der Waals surface area (Å²) in [4.78, 5) is 3.49. The number of furan rings is 1. The first-order valence-electron chi connectivity index (χ1n) is 2.15. The predicted molar refractivity (Wildman–Crippen MR) is 32.3 cm³/mol. The number of rotatable bonds is 1. The molecule has 1 heterocycles. The van der Waals surface area contributed by atoms with Gasteiger partial charge in [-0.15, -0.1) is 0 Å². The number of hydrogen-bond donors (Lipinski definition) is 1. The second-order valence-electron chi connectivity index (χ2n) is 1.33. The number of hydrogen-bond acceptors (Lipinski definition) is 3. The highest BCUT2D eigenvalue weighted by atomic mass is 16.4. The number of nitrogens with two attached hydrogens (primary N) is 1. The van der Waals surface area contributed by atoms with Gasteiger partial charge in [0.05, 0.1) is 0 Å². The lowest BCUT2D eigenvalue weighted by molar-refractivity contribution is 0.599. The van der Waals surface area contributed by atoms with Gasteiger partial charge in [-0.3, -0.25) is 0 Å². The van der Waals surface area contributed by atoms with E-state index in [-0.39, 0.29) is 0 Å². The third-order valence-electron chi connectivity index (χ3n) is 0.768. The van der Waals surface area contributed by atoms with Crippen molar-refractivity contribution in [3.63, 3.8) is 0 Å². The molecule has 0 saturated carbocycles. The minimum Gasteiger partial charge on any atom is -0.423 e. The zero-order chi connectivity index (χ0) is 5.98. The lowest BCUT2D eigenvalue weighted by Crippen LogP contribution is -1.74. The molecule has 0 aliphatic heterocycles. The van der Waals surface area contributed by atoms with Crippen LogP contribution in [0.2, 0.25) is 0 Å². The fourth-order valence-electron chi connectivity index (χ4n) is 0.427. The van der Waals surface area contributed by atoms with Gasteiger partial charge in [0.15, 0.2) is 5.88 Å². The Morgan fingerprint density at radius 1 is 1.62 bits per heavy atom. The largest absolute Gasteiger partial charge is 0.423 e. The van der Waals surface area contributed by atoms with Gasteiger partial charge in [0.25, 0.3) is 0 Å². The standard InChI is InChI=1S/C5H6N2O/c1-7-5-3-2-4(6)8-5/h2-3H,1,6H2. The Morgan fingerprint density at radius 2 is 2.38 bits per heavy atom. The summed E-state index contributed by atoms with van der Waals surface area (Å²) in [5.41, 5.74) is 5.20. The fraction of sp³-hybridized carbons (Fsp3) is 0. The van der Waals surface area contributed by atoms with Crippen LogP contribution in [-0.4, -0.2) is 6.72 Å². The van der Waals surface area contributed by atoms with Crippen LogP contribution >= 0.6 is 0 Å². The van der Waals surface area contributed by atoms with E-state index in [0.717, 1.165) is 0 Å². The lowest BCUT2D eigenvalue weighted by atomic mass is 10.6. The van der Waals surface area contributed by atoms with Crippen LogP contribution in [0.4, 0.5) is 11.8 Å². The minimum absolute atomic E-state index is 0.368. The van der Waals surface area contributed by atoms with E-state index in [0.29, 0.717) is 11.8 Å². The second kappa shape index (κ2) is 1.69. The van der Waals surface area contributed by atoms with Crippen molar-refractivity contribution in [1.82, 2.24) is 0 Å². The van der Waals surface area contributed by atoms with Crippen LogP contribution in [0.1, 0.15) is 0 Å². The maximum Gasteiger partial charge on any atom is 0.220 e. The molecule has 1 aromatic rings. The third-order valence-corrected chi connectivity index (χ3v) is 0.768. The Balaban J connectivity index is 3.00. The van der Waals surface area contributed by atoms with Gasteiger partial charge in [-0.05, 0) is 6.72 Å². The topological polar surface area (TPSA) is 51.5 Å². The zero-order valence-electron chi connectivity index (χ0n) is 4.29. The molecule has 0 aliphatic carbocycles. The summed E-state index contributed by atoms with van der Waals surface area (Å²) in [5.74, 6) is 0.829. The zero-order valence-corrected chi connectivity index (χ0v) is 4.29. The molecule has 42 valence electrons. The normalized spacial score (nSPS) is 9.00. The highest BCUT2D eigenvalue weighted by Gasteiger charge is 1.90. The molecule has 3 nitrogen and oxygen atoms in total. The number of nitrogens with zero attached hydrogens (tertiary/aromatic N) is 1. The van der Waals surface area contributed by atoms with Crippen molar-refractivity contribution in [3.05, 3.63) is 12.1 Å². The van der Waals surface area contributed by atoms with Crippen LogP contribution in [0.25, 0.3) is 0 Å². The maximum atomic E-state index is 5.20. The molecule has 8 heavy (non-hydrogen) atoms. The smallest absolute Gasteiger partial charge is 0.220 e. The first-order chi connectivity index (χ1) is 3.83. The number of nitrogen functional groups attached to an aromatic ring is 1. The van der Waals surface area contributed by atoms with E-state index < -0.39 is 0 Å². The number of anilines is 1. The van der Waals surface area contributed by atoms with E-state index in [1.807, 2.05) is 0 Å². The average molecular weight is 110 g/mol. The summed E-state index contributed by atoms with van der Waals surface area (Å²) in [6, 6.07) is 3.28. The minimum atomic E-state index is 0.368. The molecular formula is C5H6N2O. The molecule has 0 atom stereocenters. The Bertz CT molecular complexity index is 192. The van der Waals surface area contributed by atoms with E-state index in [4.69, 9.17) is 10.2 Å². The van der Waals surface area contributed by atoms with Crippen molar-refractivity contribution >= 4 is 18.5 Å². The Labute approximate surface area is 46.8 Å². The second-order valence-corrected chi connectivity index (χ2v) is 1.33. The monoisotopic (exact) mass is 110 g/mol. The van der Waals surface area contributed by atoms with Crippen molar-refractivity contribution in [2.45, 2.75) is 0 Å². The van der Waals surface area contributed by atoms with Gasteiger partial charge in [-0.1, -0.05) is 0 Å². The molecule has 0 fully saturated rings. The summed E-state index contributed by atoms with van der Waals surface area (Å²) in [7, 11) is 0. The number of aliphatic imine (C=N–C) groups is 1. The van der Waals surface area contributed by atoms with Gasteiger partial charge in [0.1, 0.15) is 0 Å². The van der Waals surface area contributed by atoms with Crippen LogP contribution in [0.15, 0.2) is 21.5 Å². The summed E-state index contributed by atoms with van der Waals surface area (Å²) >= 11 is 0. The van der Waals surface area contributed by atoms with E-state index in [1.54, 1.807) is 12.1 Å². The molecule has 0 bridgehead atoms. The van der Waals surface area contributed by atoms with Gasteiger partial charge < -0.3 is 10.2 Å². The van der Waals surface area contributed by atoms with Crippen LogP contribution in [-0.2, 0) is 0 Å². The molecule has 1 aromatic heterocycles. The van der Waals surface area contributed by atoms with Gasteiger partial charge in [0, 0.05) is 12.1 Å². The van der Waals surface area contributed by atoms with Crippen LogP contribution in [0.3, 0.4) is 0 Å². The van der Waals surface area contributed by atoms with Gasteiger partial charge in [0.2, 0.25) is 5.88 Å². The molecular weight excluding hydrogens is 104 g/mol. The van der Waals surface area contributed by atoms with Gasteiger partial charge in [-0.25, -0.2) is 4.99 Å². The van der Waals surface area contributed by atoms with E-state index in [2.05, 4.69) is 11.7 Å². The van der Waals surface area contributed by atoms with Crippen LogP contribution < -0.4 is 5.73 Å². The van der Waals surface area contributed by atoms with E-state index in [1.165, 1.54) is 0 Å². The van der Waals surface area contributed by atoms with Crippen molar-refractivity contribution in [1.29, 1.82) is 0 Å². The highest BCUT2D eigenvalue weighted by Crippen LogP contribution is 2.16. The Kier molecular flexibility index (Phi) is 1.04. The molecule has 0 spiro atoms.